The lowest BCUT2D eigenvalue weighted by Crippen LogP contribution is -2.36. The summed E-state index contributed by atoms with van der Waals surface area (Å²) in [4.78, 5) is 6.41. The van der Waals surface area contributed by atoms with Crippen molar-refractivity contribution in [2.24, 2.45) is 0 Å². The fourth-order valence-electron chi connectivity index (χ4n) is 1.59. The van der Waals surface area contributed by atoms with Crippen LogP contribution in [0, 0.1) is 6.07 Å². The molecule has 1 aliphatic rings. The summed E-state index contributed by atoms with van der Waals surface area (Å²) in [6.07, 6.45) is 3.26. The number of rotatable bonds is 1. The zero-order valence-electron chi connectivity index (χ0n) is 7.48. The molecular weight excluding hydrogens is 164 g/mol. The summed E-state index contributed by atoms with van der Waals surface area (Å²) in [5.41, 5.74) is 0. The van der Waals surface area contributed by atoms with Gasteiger partial charge in [0.15, 0.2) is 0 Å². The van der Waals surface area contributed by atoms with Gasteiger partial charge in [-0.15, -0.1) is 0 Å². The Morgan fingerprint density at radius 3 is 2.85 bits per heavy atom. The van der Waals surface area contributed by atoms with Crippen LogP contribution in [0.1, 0.15) is 12.8 Å². The maximum absolute atomic E-state index is 9.32. The predicted octanol–water partition coefficient (Wildman–Crippen LogP) is 0.843. The monoisotopic (exact) mass is 177 g/mol. The average molecular weight is 177 g/mol. The highest BCUT2D eigenvalue weighted by Crippen LogP contribution is 2.16. The van der Waals surface area contributed by atoms with Gasteiger partial charge in [-0.1, -0.05) is 0 Å². The number of hydrogen-bond acceptors (Lipinski definition) is 3. The van der Waals surface area contributed by atoms with E-state index in [-0.39, 0.29) is 6.10 Å². The zero-order chi connectivity index (χ0) is 9.10. The summed E-state index contributed by atoms with van der Waals surface area (Å²) in [6.45, 7) is 1.80. The molecule has 0 spiro atoms. The van der Waals surface area contributed by atoms with Crippen molar-refractivity contribution in [3.63, 3.8) is 0 Å². The van der Waals surface area contributed by atoms with Crippen molar-refractivity contribution < 1.29 is 5.11 Å². The van der Waals surface area contributed by atoms with E-state index in [0.29, 0.717) is 0 Å². The largest absolute Gasteiger partial charge is 0.393 e. The third-order valence-electron chi connectivity index (χ3n) is 2.39. The van der Waals surface area contributed by atoms with Crippen LogP contribution in [0.4, 0.5) is 5.82 Å². The third-order valence-corrected chi connectivity index (χ3v) is 2.39. The van der Waals surface area contributed by atoms with E-state index in [1.807, 2.05) is 12.1 Å². The van der Waals surface area contributed by atoms with Gasteiger partial charge in [-0.25, -0.2) is 4.98 Å². The SMILES string of the molecule is OC1CCN(c2cc[c]cn2)CC1. The van der Waals surface area contributed by atoms with E-state index in [9.17, 15) is 5.11 Å². The summed E-state index contributed by atoms with van der Waals surface area (Å²) in [5.74, 6) is 0.991. The van der Waals surface area contributed by atoms with Crippen LogP contribution in [-0.2, 0) is 0 Å². The molecule has 2 heterocycles. The first-order valence-electron chi connectivity index (χ1n) is 4.61. The number of anilines is 1. The Hall–Kier alpha value is -1.09. The highest BCUT2D eigenvalue weighted by Gasteiger charge is 2.17. The Labute approximate surface area is 78.0 Å². The molecule has 1 aliphatic heterocycles. The molecule has 1 aromatic heterocycles. The maximum atomic E-state index is 9.32. The van der Waals surface area contributed by atoms with Gasteiger partial charge in [-0.05, 0) is 25.0 Å². The molecule has 0 atom stereocenters. The molecule has 13 heavy (non-hydrogen) atoms. The van der Waals surface area contributed by atoms with Crippen molar-refractivity contribution in [1.82, 2.24) is 4.98 Å². The number of hydrogen-bond donors (Lipinski definition) is 1. The van der Waals surface area contributed by atoms with Crippen molar-refractivity contribution >= 4 is 5.82 Å². The van der Waals surface area contributed by atoms with Crippen molar-refractivity contribution in [1.29, 1.82) is 0 Å². The second-order valence-corrected chi connectivity index (χ2v) is 3.33. The fourth-order valence-corrected chi connectivity index (χ4v) is 1.59. The number of piperidine rings is 1. The van der Waals surface area contributed by atoms with Crippen LogP contribution in [0.25, 0.3) is 0 Å². The molecule has 1 fully saturated rings. The molecule has 0 unspecified atom stereocenters. The molecule has 69 valence electrons. The quantitative estimate of drug-likeness (QED) is 0.690. The van der Waals surface area contributed by atoms with Crippen LogP contribution in [0.3, 0.4) is 0 Å². The van der Waals surface area contributed by atoms with Gasteiger partial charge in [0.25, 0.3) is 0 Å². The van der Waals surface area contributed by atoms with E-state index in [1.54, 1.807) is 6.20 Å². The molecule has 1 radical (unpaired) electrons. The Morgan fingerprint density at radius 1 is 1.46 bits per heavy atom. The molecule has 1 N–H and O–H groups in total. The van der Waals surface area contributed by atoms with Gasteiger partial charge in [0.05, 0.1) is 6.10 Å². The van der Waals surface area contributed by atoms with E-state index in [2.05, 4.69) is 16.0 Å². The number of aliphatic hydroxyl groups is 1. The lowest BCUT2D eigenvalue weighted by Gasteiger charge is -2.30. The third kappa shape index (κ3) is 1.98. The van der Waals surface area contributed by atoms with Gasteiger partial charge in [0.1, 0.15) is 5.82 Å². The first-order chi connectivity index (χ1) is 6.36. The lowest BCUT2D eigenvalue weighted by atomic mass is 10.1. The smallest absolute Gasteiger partial charge is 0.128 e. The van der Waals surface area contributed by atoms with Crippen molar-refractivity contribution in [3.8, 4) is 0 Å². The number of nitrogens with zero attached hydrogens (tertiary/aromatic N) is 2. The minimum absolute atomic E-state index is 0.119. The van der Waals surface area contributed by atoms with E-state index in [4.69, 9.17) is 0 Å². The van der Waals surface area contributed by atoms with Crippen molar-refractivity contribution in [2.75, 3.05) is 18.0 Å². The molecule has 1 aromatic rings. The van der Waals surface area contributed by atoms with Gasteiger partial charge in [-0.2, -0.15) is 0 Å². The summed E-state index contributed by atoms with van der Waals surface area (Å²) < 4.78 is 0. The molecule has 3 heteroatoms. The average Bonchev–Trinajstić information content (AvgIpc) is 2.20. The molecule has 0 bridgehead atoms. The standard InChI is InChI=1S/C10H13N2O/c13-9-4-7-12(8-5-9)10-3-1-2-6-11-10/h1,3,6,9,13H,4-5,7-8H2. The van der Waals surface area contributed by atoms with Gasteiger partial charge < -0.3 is 10.0 Å². The fraction of sp³-hybridized carbons (Fsp3) is 0.500. The summed E-state index contributed by atoms with van der Waals surface area (Å²) in [5, 5.41) is 9.32. The van der Waals surface area contributed by atoms with Crippen LogP contribution in [-0.4, -0.2) is 29.3 Å². The Bertz CT molecular complexity index is 255. The van der Waals surface area contributed by atoms with Crippen LogP contribution in [0.5, 0.6) is 0 Å². The van der Waals surface area contributed by atoms with Crippen molar-refractivity contribution in [2.45, 2.75) is 18.9 Å². The molecule has 1 saturated heterocycles. The Morgan fingerprint density at radius 2 is 2.23 bits per heavy atom. The van der Waals surface area contributed by atoms with Gasteiger partial charge in [-0.3, -0.25) is 0 Å². The van der Waals surface area contributed by atoms with Gasteiger partial charge in [0.2, 0.25) is 0 Å². The summed E-state index contributed by atoms with van der Waals surface area (Å²) >= 11 is 0. The summed E-state index contributed by atoms with van der Waals surface area (Å²) in [7, 11) is 0. The van der Waals surface area contributed by atoms with Crippen LogP contribution >= 0.6 is 0 Å². The second-order valence-electron chi connectivity index (χ2n) is 3.33. The molecule has 2 rings (SSSR count). The summed E-state index contributed by atoms with van der Waals surface area (Å²) in [6, 6.07) is 6.72. The number of pyridine rings is 1. The first kappa shape index (κ1) is 8.51. The van der Waals surface area contributed by atoms with Crippen LogP contribution < -0.4 is 4.90 Å². The topological polar surface area (TPSA) is 36.4 Å². The van der Waals surface area contributed by atoms with Crippen LogP contribution in [0.15, 0.2) is 18.3 Å². The zero-order valence-corrected chi connectivity index (χ0v) is 7.48. The molecule has 0 aromatic carbocycles. The minimum Gasteiger partial charge on any atom is -0.393 e. The number of aliphatic hydroxyl groups excluding tert-OH is 1. The van der Waals surface area contributed by atoms with E-state index < -0.39 is 0 Å². The molecule has 0 saturated carbocycles. The normalized spacial score (nSPS) is 19.0. The Kier molecular flexibility index (Phi) is 2.45. The minimum atomic E-state index is -0.119. The van der Waals surface area contributed by atoms with Gasteiger partial charge >= 0.3 is 0 Å². The van der Waals surface area contributed by atoms with Crippen LogP contribution in [0.2, 0.25) is 0 Å². The molecular formula is C10H13N2O. The Balaban J connectivity index is 2.03. The highest BCUT2D eigenvalue weighted by molar-refractivity contribution is 5.37. The van der Waals surface area contributed by atoms with Crippen molar-refractivity contribution in [3.05, 3.63) is 24.4 Å². The maximum Gasteiger partial charge on any atom is 0.128 e. The molecule has 3 nitrogen and oxygen atoms in total. The first-order valence-corrected chi connectivity index (χ1v) is 4.61. The second kappa shape index (κ2) is 3.75. The lowest BCUT2D eigenvalue weighted by molar-refractivity contribution is 0.145. The van der Waals surface area contributed by atoms with E-state index in [1.165, 1.54) is 0 Å². The molecule has 0 amide bonds. The van der Waals surface area contributed by atoms with E-state index in [0.717, 1.165) is 31.7 Å². The highest BCUT2D eigenvalue weighted by atomic mass is 16.3. The molecule has 0 aliphatic carbocycles. The number of aromatic nitrogens is 1. The van der Waals surface area contributed by atoms with E-state index >= 15 is 0 Å². The predicted molar refractivity (Wildman–Crippen MR) is 50.5 cm³/mol. The van der Waals surface area contributed by atoms with Gasteiger partial charge in [0, 0.05) is 25.4 Å².